The second-order valence-corrected chi connectivity index (χ2v) is 8.55. The van der Waals surface area contributed by atoms with Gasteiger partial charge in [0, 0.05) is 23.1 Å². The van der Waals surface area contributed by atoms with Gasteiger partial charge >= 0.3 is 0 Å². The Bertz CT molecular complexity index is 1030. The summed E-state index contributed by atoms with van der Waals surface area (Å²) in [6.07, 6.45) is 0. The van der Waals surface area contributed by atoms with Crippen molar-refractivity contribution in [1.82, 2.24) is 9.71 Å². The first kappa shape index (κ1) is 19.3. The quantitative estimate of drug-likeness (QED) is 0.651. The van der Waals surface area contributed by atoms with Gasteiger partial charge in [-0.15, -0.1) is 11.3 Å². The minimum atomic E-state index is -3.75. The molecule has 27 heavy (non-hydrogen) atoms. The first-order valence-electron chi connectivity index (χ1n) is 8.18. The van der Waals surface area contributed by atoms with Gasteiger partial charge in [0.05, 0.1) is 19.9 Å². The molecule has 0 aliphatic carbocycles. The van der Waals surface area contributed by atoms with Crippen LogP contribution >= 0.6 is 11.3 Å². The van der Waals surface area contributed by atoms with Crippen LogP contribution in [0, 0.1) is 6.92 Å². The van der Waals surface area contributed by atoms with Crippen molar-refractivity contribution in [1.29, 1.82) is 0 Å². The first-order valence-corrected chi connectivity index (χ1v) is 10.5. The van der Waals surface area contributed by atoms with Crippen molar-refractivity contribution in [2.75, 3.05) is 14.2 Å². The maximum Gasteiger partial charge on any atom is 0.244 e. The highest BCUT2D eigenvalue weighted by atomic mass is 32.2. The molecular weight excluding hydrogens is 384 g/mol. The fourth-order valence-corrected chi connectivity index (χ4v) is 4.77. The zero-order valence-electron chi connectivity index (χ0n) is 15.2. The number of thiazole rings is 1. The molecule has 1 aromatic heterocycles. The number of nitrogens with one attached hydrogen (secondary N) is 1. The SMILES string of the molecule is COc1ccc(S(=O)(=O)NCc2sc(-c3ccccc3)nc2C)c(OC)c1. The number of methoxy groups -OCH3 is 2. The molecule has 6 nitrogen and oxygen atoms in total. The molecule has 0 aliphatic rings. The molecule has 0 unspecified atom stereocenters. The van der Waals surface area contributed by atoms with Gasteiger partial charge in [0.2, 0.25) is 10.0 Å². The normalized spacial score (nSPS) is 11.4. The van der Waals surface area contributed by atoms with Crippen molar-refractivity contribution in [2.24, 2.45) is 0 Å². The number of sulfonamides is 1. The molecule has 0 saturated carbocycles. The van der Waals surface area contributed by atoms with Crippen molar-refractivity contribution in [2.45, 2.75) is 18.4 Å². The summed E-state index contributed by atoms with van der Waals surface area (Å²) in [5.41, 5.74) is 1.82. The van der Waals surface area contributed by atoms with Crippen LogP contribution in [0.3, 0.4) is 0 Å². The number of hydrogen-bond acceptors (Lipinski definition) is 6. The third kappa shape index (κ3) is 4.29. The summed E-state index contributed by atoms with van der Waals surface area (Å²) in [6.45, 7) is 2.04. The van der Waals surface area contributed by atoms with E-state index < -0.39 is 10.0 Å². The lowest BCUT2D eigenvalue weighted by atomic mass is 10.2. The first-order chi connectivity index (χ1) is 12.9. The van der Waals surface area contributed by atoms with Crippen LogP contribution in [-0.2, 0) is 16.6 Å². The van der Waals surface area contributed by atoms with E-state index in [2.05, 4.69) is 9.71 Å². The van der Waals surface area contributed by atoms with Crippen LogP contribution in [0.1, 0.15) is 10.6 Å². The molecule has 142 valence electrons. The molecule has 0 amide bonds. The van der Waals surface area contributed by atoms with Gasteiger partial charge in [-0.1, -0.05) is 30.3 Å². The topological polar surface area (TPSA) is 77.5 Å². The Morgan fingerprint density at radius 1 is 1.07 bits per heavy atom. The highest BCUT2D eigenvalue weighted by Gasteiger charge is 2.21. The monoisotopic (exact) mass is 404 g/mol. The minimum absolute atomic E-state index is 0.0660. The van der Waals surface area contributed by atoms with Crippen molar-refractivity contribution in [3.8, 4) is 22.1 Å². The molecule has 3 aromatic rings. The number of benzene rings is 2. The summed E-state index contributed by atoms with van der Waals surface area (Å²) in [5, 5.41) is 0.865. The van der Waals surface area contributed by atoms with Gasteiger partial charge in [-0.2, -0.15) is 0 Å². The number of rotatable bonds is 7. The Labute approximate surface area is 162 Å². The standard InChI is InChI=1S/C19H20N2O4S2/c1-13-17(26-19(21-13)14-7-5-4-6-8-14)12-20-27(22,23)18-10-9-15(24-2)11-16(18)25-3/h4-11,20H,12H2,1-3H3. The molecule has 1 heterocycles. The maximum absolute atomic E-state index is 12.7. The predicted octanol–water partition coefficient (Wildman–Crippen LogP) is 3.61. The number of aryl methyl sites for hydroxylation is 1. The van der Waals surface area contributed by atoms with E-state index in [0.29, 0.717) is 5.75 Å². The van der Waals surface area contributed by atoms with Crippen molar-refractivity contribution in [3.63, 3.8) is 0 Å². The molecule has 0 saturated heterocycles. The smallest absolute Gasteiger partial charge is 0.244 e. The lowest BCUT2D eigenvalue weighted by Gasteiger charge is -2.11. The number of nitrogens with zero attached hydrogens (tertiary/aromatic N) is 1. The molecule has 0 spiro atoms. The molecule has 1 N–H and O–H groups in total. The maximum atomic E-state index is 12.7. The number of hydrogen-bond donors (Lipinski definition) is 1. The lowest BCUT2D eigenvalue weighted by Crippen LogP contribution is -2.23. The van der Waals surface area contributed by atoms with E-state index in [0.717, 1.165) is 21.1 Å². The molecule has 0 fully saturated rings. The molecule has 0 bridgehead atoms. The highest BCUT2D eigenvalue weighted by molar-refractivity contribution is 7.89. The molecule has 0 atom stereocenters. The van der Waals surface area contributed by atoms with Crippen LogP contribution in [0.2, 0.25) is 0 Å². The lowest BCUT2D eigenvalue weighted by molar-refractivity contribution is 0.386. The van der Waals surface area contributed by atoms with Gasteiger partial charge < -0.3 is 9.47 Å². The molecule has 0 aliphatic heterocycles. The van der Waals surface area contributed by atoms with E-state index in [-0.39, 0.29) is 17.2 Å². The molecular formula is C19H20N2O4S2. The van der Waals surface area contributed by atoms with Gasteiger partial charge in [-0.25, -0.2) is 18.1 Å². The van der Waals surface area contributed by atoms with Crippen LogP contribution in [0.5, 0.6) is 11.5 Å². The Kier molecular flexibility index (Phi) is 5.79. The largest absolute Gasteiger partial charge is 0.497 e. The number of aromatic nitrogens is 1. The van der Waals surface area contributed by atoms with Gasteiger partial charge in [0.25, 0.3) is 0 Å². The average molecular weight is 405 g/mol. The predicted molar refractivity (Wildman–Crippen MR) is 106 cm³/mol. The number of ether oxygens (including phenoxy) is 2. The summed E-state index contributed by atoms with van der Waals surface area (Å²) < 4.78 is 38.4. The minimum Gasteiger partial charge on any atom is -0.497 e. The third-order valence-electron chi connectivity index (χ3n) is 4.00. The van der Waals surface area contributed by atoms with Crippen LogP contribution in [0.15, 0.2) is 53.4 Å². The van der Waals surface area contributed by atoms with Crippen LogP contribution in [-0.4, -0.2) is 27.6 Å². The van der Waals surface area contributed by atoms with Crippen molar-refractivity contribution in [3.05, 3.63) is 59.1 Å². The fourth-order valence-electron chi connectivity index (χ4n) is 2.53. The Hall–Kier alpha value is -2.42. The third-order valence-corrected chi connectivity index (χ3v) is 6.64. The zero-order chi connectivity index (χ0) is 19.4. The fraction of sp³-hybridized carbons (Fsp3) is 0.211. The Morgan fingerprint density at radius 3 is 2.48 bits per heavy atom. The Morgan fingerprint density at radius 2 is 1.81 bits per heavy atom. The van der Waals surface area contributed by atoms with Gasteiger partial charge in [0.15, 0.2) is 0 Å². The van der Waals surface area contributed by atoms with Gasteiger partial charge in [-0.05, 0) is 19.1 Å². The van der Waals surface area contributed by atoms with E-state index >= 15 is 0 Å². The highest BCUT2D eigenvalue weighted by Crippen LogP contribution is 2.30. The average Bonchev–Trinajstić information content (AvgIpc) is 3.07. The van der Waals surface area contributed by atoms with Crippen LogP contribution < -0.4 is 14.2 Å². The van der Waals surface area contributed by atoms with Crippen LogP contribution in [0.25, 0.3) is 10.6 Å². The van der Waals surface area contributed by atoms with E-state index in [1.807, 2.05) is 37.3 Å². The van der Waals surface area contributed by atoms with Crippen molar-refractivity contribution >= 4 is 21.4 Å². The zero-order valence-corrected chi connectivity index (χ0v) is 16.9. The Balaban J connectivity index is 1.81. The summed E-state index contributed by atoms with van der Waals surface area (Å²) in [5.74, 6) is 0.754. The molecule has 8 heteroatoms. The van der Waals surface area contributed by atoms with E-state index in [4.69, 9.17) is 9.47 Å². The van der Waals surface area contributed by atoms with Crippen molar-refractivity contribution < 1.29 is 17.9 Å². The summed E-state index contributed by atoms with van der Waals surface area (Å²) in [4.78, 5) is 5.48. The summed E-state index contributed by atoms with van der Waals surface area (Å²) in [7, 11) is -0.814. The molecule has 3 rings (SSSR count). The second kappa shape index (κ2) is 8.08. The van der Waals surface area contributed by atoms with Gasteiger partial charge in [0.1, 0.15) is 21.4 Å². The van der Waals surface area contributed by atoms with E-state index in [9.17, 15) is 8.42 Å². The second-order valence-electron chi connectivity index (χ2n) is 5.73. The van der Waals surface area contributed by atoms with Crippen LogP contribution in [0.4, 0.5) is 0 Å². The van der Waals surface area contributed by atoms with E-state index in [1.165, 1.54) is 31.6 Å². The molecule has 0 radical (unpaired) electrons. The van der Waals surface area contributed by atoms with Gasteiger partial charge in [-0.3, -0.25) is 0 Å². The summed E-state index contributed by atoms with van der Waals surface area (Å²) in [6, 6.07) is 14.4. The molecule has 2 aromatic carbocycles. The van der Waals surface area contributed by atoms with E-state index in [1.54, 1.807) is 12.1 Å². The summed E-state index contributed by atoms with van der Waals surface area (Å²) >= 11 is 1.48.